The molecule has 0 aromatic heterocycles. The van der Waals surface area contributed by atoms with E-state index in [2.05, 4.69) is 22.5 Å². The second-order valence-corrected chi connectivity index (χ2v) is 6.19. The number of rotatable bonds is 7. The quantitative estimate of drug-likeness (QED) is 0.547. The maximum atomic E-state index is 11.6. The van der Waals surface area contributed by atoms with Gasteiger partial charge in [-0.15, -0.1) is 0 Å². The number of ether oxygens (including phenoxy) is 1. The molecule has 0 saturated carbocycles. The lowest BCUT2D eigenvalue weighted by Gasteiger charge is -2.35. The Kier molecular flexibility index (Phi) is 7.97. The minimum Gasteiger partial charge on any atom is -0.395 e. The predicted molar refractivity (Wildman–Crippen MR) is 107 cm³/mol. The average molecular weight is 373 g/mol. The van der Waals surface area contributed by atoms with Crippen LogP contribution in [0, 0.1) is 5.41 Å². The number of aliphatic hydroxyl groups excluding tert-OH is 1. The number of hydrogen-bond donors (Lipinski definition) is 4. The van der Waals surface area contributed by atoms with E-state index in [1.54, 1.807) is 18.2 Å². The molecule has 1 aliphatic rings. The number of aliphatic hydroxyl groups is 1. The minimum atomic E-state index is -0.361. The Balaban J connectivity index is 2.10. The summed E-state index contributed by atoms with van der Waals surface area (Å²) in [6.45, 7) is 6.12. The van der Waals surface area contributed by atoms with Crippen molar-refractivity contribution < 1.29 is 14.6 Å². The number of urea groups is 1. The molecule has 27 heavy (non-hydrogen) atoms. The number of nitrogens with zero attached hydrogens (tertiary/aromatic N) is 2. The first-order chi connectivity index (χ1) is 13.0. The van der Waals surface area contributed by atoms with Gasteiger partial charge in [0, 0.05) is 30.7 Å². The molecule has 0 aliphatic carbocycles. The molecular formula is C19H27N5O3. The number of carbonyl (C=O) groups is 1. The summed E-state index contributed by atoms with van der Waals surface area (Å²) in [6.07, 6.45) is 2.93. The van der Waals surface area contributed by atoms with Crippen LogP contribution in [0.2, 0.25) is 0 Å². The van der Waals surface area contributed by atoms with Crippen LogP contribution in [0.5, 0.6) is 0 Å². The Morgan fingerprint density at radius 1 is 1.44 bits per heavy atom. The van der Waals surface area contributed by atoms with Crippen molar-refractivity contribution in [1.82, 2.24) is 10.2 Å². The Morgan fingerprint density at radius 2 is 2.19 bits per heavy atom. The second kappa shape index (κ2) is 10.4. The van der Waals surface area contributed by atoms with Crippen molar-refractivity contribution in [2.75, 3.05) is 38.2 Å². The molecule has 0 bridgehead atoms. The predicted octanol–water partition coefficient (Wildman–Crippen LogP) is 1.82. The molecule has 1 saturated heterocycles. The summed E-state index contributed by atoms with van der Waals surface area (Å²) >= 11 is 0. The van der Waals surface area contributed by atoms with Gasteiger partial charge in [0.2, 0.25) is 0 Å². The first-order valence-electron chi connectivity index (χ1n) is 8.91. The van der Waals surface area contributed by atoms with Crippen LogP contribution in [0.25, 0.3) is 0 Å². The normalized spacial score (nSPS) is 18.2. The van der Waals surface area contributed by atoms with Crippen LogP contribution in [-0.4, -0.2) is 66.9 Å². The smallest absolute Gasteiger partial charge is 0.319 e. The molecule has 1 fully saturated rings. The van der Waals surface area contributed by atoms with Gasteiger partial charge in [-0.25, -0.2) is 9.79 Å². The van der Waals surface area contributed by atoms with Crippen LogP contribution in [0.15, 0.2) is 41.2 Å². The van der Waals surface area contributed by atoms with Gasteiger partial charge in [-0.3, -0.25) is 0 Å². The van der Waals surface area contributed by atoms with E-state index in [9.17, 15) is 4.79 Å². The number of benzene rings is 1. The number of allylic oxidation sites excluding steroid dienone is 1. The highest BCUT2D eigenvalue weighted by Gasteiger charge is 2.20. The van der Waals surface area contributed by atoms with Crippen molar-refractivity contribution >= 4 is 23.6 Å². The maximum Gasteiger partial charge on any atom is 0.319 e. The molecule has 1 aromatic carbocycles. The summed E-state index contributed by atoms with van der Waals surface area (Å²) in [7, 11) is 0. The third kappa shape index (κ3) is 6.19. The molecule has 1 aliphatic heterocycles. The molecule has 8 nitrogen and oxygen atoms in total. The van der Waals surface area contributed by atoms with Crippen LogP contribution < -0.4 is 10.6 Å². The third-order valence-electron chi connectivity index (χ3n) is 4.13. The molecule has 0 spiro atoms. The number of hydrogen-bond acceptors (Lipinski definition) is 6. The summed E-state index contributed by atoms with van der Waals surface area (Å²) in [5, 5.41) is 21.4. The first kappa shape index (κ1) is 20.6. The molecule has 8 heteroatoms. The van der Waals surface area contributed by atoms with Crippen molar-refractivity contribution in [3.8, 4) is 0 Å². The minimum absolute atomic E-state index is 0.102. The van der Waals surface area contributed by atoms with Crippen molar-refractivity contribution in [2.45, 2.75) is 19.9 Å². The highest BCUT2D eigenvalue weighted by Crippen LogP contribution is 2.17. The Bertz CT molecular complexity index is 700. The summed E-state index contributed by atoms with van der Waals surface area (Å²) in [5.74, 6) is 0.740. The van der Waals surface area contributed by atoms with Crippen molar-refractivity contribution in [1.29, 1.82) is 5.41 Å². The average Bonchev–Trinajstić information content (AvgIpc) is 2.67. The summed E-state index contributed by atoms with van der Waals surface area (Å²) < 4.78 is 5.47. The number of anilines is 1. The molecule has 1 aromatic rings. The number of morpholine rings is 1. The van der Waals surface area contributed by atoms with Gasteiger partial charge in [0.05, 0.1) is 25.9 Å². The van der Waals surface area contributed by atoms with Crippen molar-refractivity contribution in [3.05, 3.63) is 41.7 Å². The van der Waals surface area contributed by atoms with E-state index in [0.29, 0.717) is 18.9 Å². The zero-order valence-corrected chi connectivity index (χ0v) is 15.7. The highest BCUT2D eigenvalue weighted by atomic mass is 16.5. The summed E-state index contributed by atoms with van der Waals surface area (Å²) in [4.78, 5) is 18.5. The summed E-state index contributed by atoms with van der Waals surface area (Å²) in [6, 6.07) is 7.19. The van der Waals surface area contributed by atoms with E-state index in [-0.39, 0.29) is 25.2 Å². The fourth-order valence-electron chi connectivity index (χ4n) is 2.72. The number of carbonyl (C=O) groups excluding carboxylic acids is 1. The van der Waals surface area contributed by atoms with Crippen LogP contribution in [0.4, 0.5) is 10.5 Å². The van der Waals surface area contributed by atoms with Crippen LogP contribution >= 0.6 is 0 Å². The van der Waals surface area contributed by atoms with E-state index in [4.69, 9.17) is 20.2 Å². The lowest BCUT2D eigenvalue weighted by molar-refractivity contribution is 0.0165. The topological polar surface area (TPSA) is 110 Å². The standard InChI is InChI=1S/C19H27N5O3/c1-14-13-27-12-10-24(14)18(7-8-20)22-15(2)16-3-5-17(6-4-16)23-19(26)21-9-11-25/h3-8,14,20,25H,9-13H2,1-2H3,(H2,21,23,26)/b18-7+,20-8?,22-15?/t14-/m0/s1. The Hall–Kier alpha value is -2.71. The maximum absolute atomic E-state index is 11.6. The number of nitrogens with one attached hydrogen (secondary N) is 3. The molecule has 1 heterocycles. The SMILES string of the molecule is CC(=N/C(=C\C=N)N1CCOC[C@@H]1C)c1ccc(NC(=O)NCCO)cc1. The lowest BCUT2D eigenvalue weighted by atomic mass is 10.1. The molecule has 2 amide bonds. The third-order valence-corrected chi connectivity index (χ3v) is 4.13. The largest absolute Gasteiger partial charge is 0.395 e. The van der Waals surface area contributed by atoms with Crippen LogP contribution in [0.1, 0.15) is 19.4 Å². The van der Waals surface area contributed by atoms with Crippen LogP contribution in [0.3, 0.4) is 0 Å². The van der Waals surface area contributed by atoms with E-state index >= 15 is 0 Å². The zero-order valence-electron chi connectivity index (χ0n) is 15.7. The van der Waals surface area contributed by atoms with Crippen molar-refractivity contribution in [2.24, 2.45) is 4.99 Å². The first-order valence-corrected chi connectivity index (χ1v) is 8.91. The molecule has 1 atom stereocenters. The summed E-state index contributed by atoms with van der Waals surface area (Å²) in [5.41, 5.74) is 2.39. The molecule has 0 unspecified atom stereocenters. The zero-order chi connectivity index (χ0) is 19.6. The number of aliphatic imine (C=N–C) groups is 1. The molecular weight excluding hydrogens is 346 g/mol. The molecule has 0 radical (unpaired) electrons. The van der Waals surface area contributed by atoms with Gasteiger partial charge < -0.3 is 30.8 Å². The van der Waals surface area contributed by atoms with Gasteiger partial charge in [0.1, 0.15) is 5.82 Å². The van der Waals surface area contributed by atoms with Crippen LogP contribution in [-0.2, 0) is 4.74 Å². The molecule has 146 valence electrons. The fourth-order valence-corrected chi connectivity index (χ4v) is 2.72. The van der Waals surface area contributed by atoms with Crippen molar-refractivity contribution in [3.63, 3.8) is 0 Å². The van der Waals surface area contributed by atoms with E-state index in [1.165, 1.54) is 6.21 Å². The van der Waals surface area contributed by atoms with Gasteiger partial charge in [-0.1, -0.05) is 12.1 Å². The highest BCUT2D eigenvalue weighted by molar-refractivity contribution is 6.00. The van der Waals surface area contributed by atoms with Gasteiger partial charge in [0.25, 0.3) is 0 Å². The second-order valence-electron chi connectivity index (χ2n) is 6.19. The van der Waals surface area contributed by atoms with E-state index in [1.807, 2.05) is 19.1 Å². The van der Waals surface area contributed by atoms with E-state index < -0.39 is 0 Å². The van der Waals surface area contributed by atoms with Gasteiger partial charge >= 0.3 is 6.03 Å². The molecule has 2 rings (SSSR count). The number of amides is 2. The Morgan fingerprint density at radius 3 is 2.81 bits per heavy atom. The Labute approximate surface area is 159 Å². The fraction of sp³-hybridized carbons (Fsp3) is 0.421. The molecule has 4 N–H and O–H groups in total. The lowest BCUT2D eigenvalue weighted by Crippen LogP contribution is -2.42. The van der Waals surface area contributed by atoms with E-state index in [0.717, 1.165) is 23.6 Å². The van der Waals surface area contributed by atoms with Gasteiger partial charge in [-0.2, -0.15) is 0 Å². The van der Waals surface area contributed by atoms with Gasteiger partial charge in [-0.05, 0) is 37.6 Å². The monoisotopic (exact) mass is 373 g/mol. The van der Waals surface area contributed by atoms with Gasteiger partial charge in [0.15, 0.2) is 0 Å².